The average molecular weight is 848 g/mol. The van der Waals surface area contributed by atoms with Gasteiger partial charge in [0.1, 0.15) is 37.1 Å². The lowest BCUT2D eigenvalue weighted by molar-refractivity contribution is -0.273. The van der Waals surface area contributed by atoms with Gasteiger partial charge >= 0.3 is 12.1 Å². The van der Waals surface area contributed by atoms with Crippen molar-refractivity contribution in [3.63, 3.8) is 0 Å². The van der Waals surface area contributed by atoms with Crippen molar-refractivity contribution < 1.29 is 43.1 Å². The number of aliphatic carboxylic acids is 1. The van der Waals surface area contributed by atoms with E-state index in [2.05, 4.69) is 17.4 Å². The highest BCUT2D eigenvalue weighted by Crippen LogP contribution is 2.44. The molecule has 1 amide bonds. The summed E-state index contributed by atoms with van der Waals surface area (Å²) in [5.41, 5.74) is 8.25. The second-order valence-electron chi connectivity index (χ2n) is 15.9. The largest absolute Gasteiger partial charge is 0.480 e. The summed E-state index contributed by atoms with van der Waals surface area (Å²) in [5.74, 6) is -1.36. The molecule has 0 radical (unpaired) electrons. The molecule has 2 N–H and O–H groups in total. The van der Waals surface area contributed by atoms with Crippen LogP contribution in [0.3, 0.4) is 0 Å². The van der Waals surface area contributed by atoms with Crippen LogP contribution in [0.5, 0.6) is 0 Å². The van der Waals surface area contributed by atoms with Gasteiger partial charge in [0.15, 0.2) is 0 Å². The standard InChI is InChI=1S/C53H53NO9/c55-52(56)46(54-53(57)62-35-45-43-27-15-13-25-41(43)42-26-14-16-28-44(42)45)29-30-47-49(59-32-38-19-7-2-8-20-38)51(61-34-40-23-11-4-12-24-40)50(60-33-39-21-9-3-10-22-39)48(63-47)36-58-31-37-17-5-1-6-18-37/h1-28,45-51H,29-36H2,(H,54,57)(H,55,56)/t46-,47-,48+,49-,50-,51+/m0/s1. The first-order valence-corrected chi connectivity index (χ1v) is 21.6. The molecular formula is C53H53NO9. The van der Waals surface area contributed by atoms with Crippen molar-refractivity contribution in [3.8, 4) is 11.1 Å². The number of amides is 1. The average Bonchev–Trinajstić information content (AvgIpc) is 3.65. The number of hydrogen-bond donors (Lipinski definition) is 2. The number of carbonyl (C=O) groups is 2. The first-order chi connectivity index (χ1) is 31.0. The maximum Gasteiger partial charge on any atom is 0.407 e. The molecule has 0 unspecified atom stereocenters. The Kier molecular flexibility index (Phi) is 15.0. The third-order valence-corrected chi connectivity index (χ3v) is 11.7. The number of hydrogen-bond acceptors (Lipinski definition) is 8. The minimum absolute atomic E-state index is 0.0218. The monoisotopic (exact) mass is 847 g/mol. The number of alkyl carbamates (subject to hydrolysis) is 1. The second-order valence-corrected chi connectivity index (χ2v) is 15.9. The SMILES string of the molecule is O=C(N[C@@H](CC[C@@H]1O[C@H](COCc2ccccc2)[C@H](OCc2ccccc2)[C@H](OCc2ccccc2)[C@H]1OCc1ccccc1)C(=O)O)OCC1c2ccccc2-c2ccccc21. The van der Waals surface area contributed by atoms with E-state index < -0.39 is 48.6 Å². The van der Waals surface area contributed by atoms with Crippen LogP contribution in [-0.2, 0) is 59.6 Å². The zero-order valence-electron chi connectivity index (χ0n) is 35.1. The van der Waals surface area contributed by atoms with Gasteiger partial charge in [-0.15, -0.1) is 0 Å². The molecule has 10 heteroatoms. The van der Waals surface area contributed by atoms with E-state index in [-0.39, 0.29) is 51.8 Å². The van der Waals surface area contributed by atoms with Gasteiger partial charge in [0.2, 0.25) is 0 Å². The summed E-state index contributed by atoms with van der Waals surface area (Å²) in [6, 6.07) is 54.4. The molecular weight excluding hydrogens is 795 g/mol. The second kappa shape index (κ2) is 21.8. The van der Waals surface area contributed by atoms with E-state index >= 15 is 0 Å². The number of carbonyl (C=O) groups excluding carboxylic acids is 1. The Bertz CT molecular complexity index is 2300. The number of rotatable bonds is 20. The first-order valence-electron chi connectivity index (χ1n) is 21.6. The molecule has 6 aromatic rings. The van der Waals surface area contributed by atoms with Crippen LogP contribution < -0.4 is 5.32 Å². The van der Waals surface area contributed by atoms with Crippen LogP contribution in [0.1, 0.15) is 52.1 Å². The normalized spacial score (nSPS) is 19.7. The smallest absolute Gasteiger partial charge is 0.407 e. The van der Waals surface area contributed by atoms with Crippen molar-refractivity contribution >= 4 is 12.1 Å². The van der Waals surface area contributed by atoms with E-state index in [1.165, 1.54) is 0 Å². The Morgan fingerprint density at radius 2 is 0.952 bits per heavy atom. The number of ether oxygens (including phenoxy) is 6. The van der Waals surface area contributed by atoms with Crippen LogP contribution in [0, 0.1) is 0 Å². The topological polar surface area (TPSA) is 122 Å². The van der Waals surface area contributed by atoms with Crippen LogP contribution in [-0.4, -0.2) is 66.9 Å². The van der Waals surface area contributed by atoms with Crippen molar-refractivity contribution in [3.05, 3.63) is 203 Å². The highest BCUT2D eigenvalue weighted by atomic mass is 16.6. The molecule has 6 atom stereocenters. The van der Waals surface area contributed by atoms with Gasteiger partial charge < -0.3 is 38.8 Å². The Balaban J connectivity index is 1.03. The summed E-state index contributed by atoms with van der Waals surface area (Å²) >= 11 is 0. The van der Waals surface area contributed by atoms with E-state index in [9.17, 15) is 14.7 Å². The van der Waals surface area contributed by atoms with E-state index in [0.717, 1.165) is 44.5 Å². The molecule has 0 spiro atoms. The van der Waals surface area contributed by atoms with E-state index in [0.29, 0.717) is 6.61 Å². The summed E-state index contributed by atoms with van der Waals surface area (Å²) in [6.07, 6.45) is -3.91. The van der Waals surface area contributed by atoms with Crippen molar-refractivity contribution in [1.29, 1.82) is 0 Å². The number of benzene rings is 6. The Morgan fingerprint density at radius 3 is 1.44 bits per heavy atom. The van der Waals surface area contributed by atoms with Crippen LogP contribution in [0.25, 0.3) is 11.1 Å². The van der Waals surface area contributed by atoms with Gasteiger partial charge in [-0.2, -0.15) is 0 Å². The molecule has 1 aliphatic carbocycles. The maximum atomic E-state index is 13.4. The highest BCUT2D eigenvalue weighted by molar-refractivity contribution is 5.81. The van der Waals surface area contributed by atoms with Crippen LogP contribution in [0.15, 0.2) is 170 Å². The lowest BCUT2D eigenvalue weighted by Gasteiger charge is -2.46. The minimum Gasteiger partial charge on any atom is -0.480 e. The number of nitrogens with one attached hydrogen (secondary N) is 1. The van der Waals surface area contributed by atoms with Gasteiger partial charge in [-0.1, -0.05) is 170 Å². The predicted octanol–water partition coefficient (Wildman–Crippen LogP) is 9.50. The van der Waals surface area contributed by atoms with E-state index in [4.69, 9.17) is 28.4 Å². The predicted molar refractivity (Wildman–Crippen MR) is 239 cm³/mol. The van der Waals surface area contributed by atoms with Crippen molar-refractivity contribution in [2.24, 2.45) is 0 Å². The Morgan fingerprint density at radius 1 is 0.524 bits per heavy atom. The Labute approximate surface area is 368 Å². The number of carboxylic acids is 1. The molecule has 0 bridgehead atoms. The lowest BCUT2D eigenvalue weighted by Crippen LogP contribution is -2.61. The zero-order chi connectivity index (χ0) is 43.2. The van der Waals surface area contributed by atoms with Crippen molar-refractivity contribution in [2.75, 3.05) is 13.2 Å². The lowest BCUT2D eigenvalue weighted by atomic mass is 9.90. The fourth-order valence-electron chi connectivity index (χ4n) is 8.49. The van der Waals surface area contributed by atoms with Gasteiger partial charge in [-0.25, -0.2) is 9.59 Å². The molecule has 8 rings (SSSR count). The van der Waals surface area contributed by atoms with Gasteiger partial charge in [0, 0.05) is 5.92 Å². The van der Waals surface area contributed by atoms with Crippen molar-refractivity contribution in [1.82, 2.24) is 5.32 Å². The molecule has 6 aromatic carbocycles. The van der Waals surface area contributed by atoms with E-state index in [1.807, 2.05) is 158 Å². The molecule has 0 saturated carbocycles. The highest BCUT2D eigenvalue weighted by Gasteiger charge is 2.48. The fraction of sp³-hybridized carbons (Fsp3) is 0.283. The number of fused-ring (bicyclic) bond motifs is 3. The molecule has 324 valence electrons. The molecule has 1 aliphatic heterocycles. The summed E-state index contributed by atoms with van der Waals surface area (Å²) in [4.78, 5) is 26.2. The van der Waals surface area contributed by atoms with Crippen LogP contribution in [0.2, 0.25) is 0 Å². The summed E-state index contributed by atoms with van der Waals surface area (Å²) < 4.78 is 39.4. The zero-order valence-corrected chi connectivity index (χ0v) is 35.1. The minimum atomic E-state index is -1.28. The molecule has 1 heterocycles. The summed E-state index contributed by atoms with van der Waals surface area (Å²) in [7, 11) is 0. The van der Waals surface area contributed by atoms with Gasteiger partial charge in [-0.3, -0.25) is 0 Å². The van der Waals surface area contributed by atoms with Gasteiger partial charge in [0.25, 0.3) is 0 Å². The number of carboxylic acid groups (broad SMARTS) is 1. The van der Waals surface area contributed by atoms with E-state index in [1.54, 1.807) is 0 Å². The molecule has 10 nitrogen and oxygen atoms in total. The molecule has 2 aliphatic rings. The quantitative estimate of drug-likeness (QED) is 0.0774. The van der Waals surface area contributed by atoms with Crippen LogP contribution >= 0.6 is 0 Å². The first kappa shape index (κ1) is 43.5. The molecule has 1 fully saturated rings. The third-order valence-electron chi connectivity index (χ3n) is 11.7. The molecule has 0 aromatic heterocycles. The molecule has 63 heavy (non-hydrogen) atoms. The van der Waals surface area contributed by atoms with Crippen molar-refractivity contribution in [2.45, 2.75) is 81.7 Å². The summed E-state index contributed by atoms with van der Waals surface area (Å²) in [6.45, 7) is 1.39. The fourth-order valence-corrected chi connectivity index (χ4v) is 8.49. The van der Waals surface area contributed by atoms with Gasteiger partial charge in [-0.05, 0) is 57.3 Å². The third kappa shape index (κ3) is 11.5. The van der Waals surface area contributed by atoms with Gasteiger partial charge in [0.05, 0.1) is 39.1 Å². The maximum absolute atomic E-state index is 13.4. The summed E-state index contributed by atoms with van der Waals surface area (Å²) in [5, 5.41) is 13.1. The Hall–Kier alpha value is -6.14. The van der Waals surface area contributed by atoms with Crippen LogP contribution in [0.4, 0.5) is 4.79 Å². The molecule has 1 saturated heterocycles.